The third kappa shape index (κ3) is 5.38. The number of fused-ring (bicyclic) bond motifs is 1. The summed E-state index contributed by atoms with van der Waals surface area (Å²) in [5.41, 5.74) is 2.66. The minimum Gasteiger partial charge on any atom is -0.494 e. The fourth-order valence-electron chi connectivity index (χ4n) is 3.32. The van der Waals surface area contributed by atoms with Gasteiger partial charge in [-0.25, -0.2) is 4.79 Å². The molecule has 0 aliphatic rings. The summed E-state index contributed by atoms with van der Waals surface area (Å²) in [6, 6.07) is 15.3. The van der Waals surface area contributed by atoms with Gasteiger partial charge in [0.2, 0.25) is 5.76 Å². The highest BCUT2D eigenvalue weighted by atomic mass is 16.5. The van der Waals surface area contributed by atoms with E-state index in [1.54, 1.807) is 6.07 Å². The third-order valence-electron chi connectivity index (χ3n) is 4.93. The lowest BCUT2D eigenvalue weighted by Crippen LogP contribution is -1.97. The molecule has 0 aliphatic carbocycles. The Bertz CT molecular complexity index is 893. The smallest absolute Gasteiger partial charge is 0.371 e. The fourth-order valence-corrected chi connectivity index (χ4v) is 3.32. The second-order valence-corrected chi connectivity index (χ2v) is 7.16. The molecule has 0 aliphatic heterocycles. The monoisotopic (exact) mass is 380 g/mol. The lowest BCUT2D eigenvalue weighted by molar-refractivity contribution is 0.0665. The number of furan rings is 1. The number of carboxylic acids is 1. The van der Waals surface area contributed by atoms with E-state index in [1.807, 2.05) is 42.5 Å². The molecule has 1 heterocycles. The van der Waals surface area contributed by atoms with Gasteiger partial charge in [0.15, 0.2) is 0 Å². The van der Waals surface area contributed by atoms with Gasteiger partial charge in [-0.1, -0.05) is 63.6 Å². The molecule has 1 aromatic heterocycles. The normalized spacial score (nSPS) is 11.0. The van der Waals surface area contributed by atoms with E-state index in [2.05, 4.69) is 6.92 Å². The molecule has 2 aromatic carbocycles. The minimum atomic E-state index is -1.06. The Balaban J connectivity index is 1.51. The van der Waals surface area contributed by atoms with Crippen LogP contribution >= 0.6 is 0 Å². The number of unbranched alkanes of at least 4 members (excludes halogenated alkanes) is 6. The van der Waals surface area contributed by atoms with Gasteiger partial charge in [0.25, 0.3) is 0 Å². The van der Waals surface area contributed by atoms with Crippen LogP contribution in [0.25, 0.3) is 22.1 Å². The van der Waals surface area contributed by atoms with Crippen LogP contribution in [-0.2, 0) is 0 Å². The van der Waals surface area contributed by atoms with Crippen LogP contribution in [0.4, 0.5) is 0 Å². The van der Waals surface area contributed by atoms with Crippen molar-refractivity contribution in [2.24, 2.45) is 0 Å². The molecule has 28 heavy (non-hydrogen) atoms. The molecule has 0 bridgehead atoms. The van der Waals surface area contributed by atoms with E-state index in [-0.39, 0.29) is 5.76 Å². The summed E-state index contributed by atoms with van der Waals surface area (Å²) < 4.78 is 11.2. The van der Waals surface area contributed by atoms with Gasteiger partial charge >= 0.3 is 5.97 Å². The molecule has 0 atom stereocenters. The molecule has 0 saturated heterocycles. The van der Waals surface area contributed by atoms with Crippen molar-refractivity contribution < 1.29 is 19.1 Å². The predicted molar refractivity (Wildman–Crippen MR) is 112 cm³/mol. The van der Waals surface area contributed by atoms with Crippen molar-refractivity contribution in [3.05, 3.63) is 54.3 Å². The Morgan fingerprint density at radius 3 is 2.29 bits per heavy atom. The van der Waals surface area contributed by atoms with Gasteiger partial charge < -0.3 is 14.3 Å². The van der Waals surface area contributed by atoms with E-state index in [9.17, 15) is 4.79 Å². The first-order chi connectivity index (χ1) is 13.7. The number of benzene rings is 2. The van der Waals surface area contributed by atoms with E-state index in [0.29, 0.717) is 5.58 Å². The third-order valence-corrected chi connectivity index (χ3v) is 4.93. The maximum Gasteiger partial charge on any atom is 0.371 e. The van der Waals surface area contributed by atoms with Crippen molar-refractivity contribution in [3.8, 4) is 16.9 Å². The Hall–Kier alpha value is -2.75. The summed E-state index contributed by atoms with van der Waals surface area (Å²) in [6.07, 6.45) is 8.93. The molecular formula is C24H28O4. The molecule has 0 fully saturated rings. The number of ether oxygens (including phenoxy) is 1. The quantitative estimate of drug-likeness (QED) is 0.366. The molecule has 0 spiro atoms. The van der Waals surface area contributed by atoms with Gasteiger partial charge in [-0.2, -0.15) is 0 Å². The Morgan fingerprint density at radius 1 is 0.893 bits per heavy atom. The number of hydrogen-bond acceptors (Lipinski definition) is 3. The topological polar surface area (TPSA) is 59.7 Å². The van der Waals surface area contributed by atoms with E-state index in [4.69, 9.17) is 14.3 Å². The van der Waals surface area contributed by atoms with Crippen LogP contribution < -0.4 is 4.74 Å². The van der Waals surface area contributed by atoms with Gasteiger partial charge in [-0.3, -0.25) is 0 Å². The second kappa shape index (κ2) is 9.98. The van der Waals surface area contributed by atoms with E-state index < -0.39 is 5.97 Å². The Kier molecular flexibility index (Phi) is 7.12. The van der Waals surface area contributed by atoms with Gasteiger partial charge in [0.1, 0.15) is 11.3 Å². The zero-order valence-corrected chi connectivity index (χ0v) is 16.4. The van der Waals surface area contributed by atoms with Gasteiger partial charge in [0.05, 0.1) is 6.61 Å². The zero-order chi connectivity index (χ0) is 19.8. The number of rotatable bonds is 11. The molecule has 3 aromatic rings. The van der Waals surface area contributed by atoms with Crippen LogP contribution in [0.1, 0.15) is 62.4 Å². The summed E-state index contributed by atoms with van der Waals surface area (Å²) in [5.74, 6) is -0.214. The summed E-state index contributed by atoms with van der Waals surface area (Å²) >= 11 is 0. The summed E-state index contributed by atoms with van der Waals surface area (Å²) in [7, 11) is 0. The summed E-state index contributed by atoms with van der Waals surface area (Å²) in [5, 5.41) is 9.83. The number of carbonyl (C=O) groups is 1. The van der Waals surface area contributed by atoms with Gasteiger partial charge in [-0.05, 0) is 47.9 Å². The standard InChI is InChI=1S/C24H28O4/c1-2-3-4-5-6-7-8-15-27-21-12-9-18(10-13-21)19-11-14-22-20(16-19)17-23(28-22)24(25)26/h9-14,16-17H,2-8,15H2,1H3,(H,25,26). The van der Waals surface area contributed by atoms with Crippen LogP contribution in [0.2, 0.25) is 0 Å². The first-order valence-electron chi connectivity index (χ1n) is 10.2. The average molecular weight is 380 g/mol. The van der Waals surface area contributed by atoms with Crippen molar-refractivity contribution in [1.82, 2.24) is 0 Å². The van der Waals surface area contributed by atoms with E-state index in [1.165, 1.54) is 38.5 Å². The van der Waals surface area contributed by atoms with Crippen LogP contribution in [-0.4, -0.2) is 17.7 Å². The molecule has 148 valence electrons. The predicted octanol–water partition coefficient (Wildman–Crippen LogP) is 6.93. The first-order valence-corrected chi connectivity index (χ1v) is 10.2. The average Bonchev–Trinajstić information content (AvgIpc) is 3.14. The minimum absolute atomic E-state index is 0.0405. The maximum absolute atomic E-state index is 11.0. The molecule has 0 amide bonds. The lowest BCUT2D eigenvalue weighted by Gasteiger charge is -2.08. The first kappa shape index (κ1) is 20.0. The SMILES string of the molecule is CCCCCCCCCOc1ccc(-c2ccc3oc(C(=O)O)cc3c2)cc1. The van der Waals surface area contributed by atoms with Crippen LogP contribution in [0.5, 0.6) is 5.75 Å². The fraction of sp³-hybridized carbons (Fsp3) is 0.375. The number of aromatic carboxylic acids is 1. The number of carboxylic acid groups (broad SMARTS) is 1. The van der Waals surface area contributed by atoms with Crippen molar-refractivity contribution in [2.45, 2.75) is 51.9 Å². The molecule has 4 nitrogen and oxygen atoms in total. The largest absolute Gasteiger partial charge is 0.494 e. The number of hydrogen-bond donors (Lipinski definition) is 1. The molecule has 4 heteroatoms. The molecule has 3 rings (SSSR count). The van der Waals surface area contributed by atoms with Gasteiger partial charge in [0, 0.05) is 5.39 Å². The molecular weight excluding hydrogens is 352 g/mol. The van der Waals surface area contributed by atoms with Crippen molar-refractivity contribution in [3.63, 3.8) is 0 Å². The van der Waals surface area contributed by atoms with Crippen LogP contribution in [0.15, 0.2) is 52.9 Å². The van der Waals surface area contributed by atoms with Crippen LogP contribution in [0.3, 0.4) is 0 Å². The molecule has 0 saturated carbocycles. The highest BCUT2D eigenvalue weighted by Gasteiger charge is 2.11. The lowest BCUT2D eigenvalue weighted by atomic mass is 10.0. The Morgan fingerprint density at radius 2 is 1.57 bits per heavy atom. The highest BCUT2D eigenvalue weighted by Crippen LogP contribution is 2.28. The second-order valence-electron chi connectivity index (χ2n) is 7.16. The van der Waals surface area contributed by atoms with Gasteiger partial charge in [-0.15, -0.1) is 0 Å². The molecule has 0 unspecified atom stereocenters. The van der Waals surface area contributed by atoms with Crippen molar-refractivity contribution in [2.75, 3.05) is 6.61 Å². The maximum atomic E-state index is 11.0. The van der Waals surface area contributed by atoms with Crippen molar-refractivity contribution in [1.29, 1.82) is 0 Å². The summed E-state index contributed by atoms with van der Waals surface area (Å²) in [4.78, 5) is 11.0. The highest BCUT2D eigenvalue weighted by molar-refractivity contribution is 5.93. The van der Waals surface area contributed by atoms with E-state index in [0.717, 1.165) is 35.3 Å². The van der Waals surface area contributed by atoms with Crippen molar-refractivity contribution >= 4 is 16.9 Å². The van der Waals surface area contributed by atoms with Crippen LogP contribution in [0, 0.1) is 0 Å². The zero-order valence-electron chi connectivity index (χ0n) is 16.4. The summed E-state index contributed by atoms with van der Waals surface area (Å²) in [6.45, 7) is 3.00. The van der Waals surface area contributed by atoms with E-state index >= 15 is 0 Å². The molecule has 1 N–H and O–H groups in total. The Labute approximate surface area is 166 Å². The molecule has 0 radical (unpaired) electrons.